The summed E-state index contributed by atoms with van der Waals surface area (Å²) in [6.45, 7) is 2.60. The van der Waals surface area contributed by atoms with Gasteiger partial charge in [-0.05, 0) is 24.3 Å². The zero-order valence-electron chi connectivity index (χ0n) is 15.6. The fraction of sp³-hybridized carbons (Fsp3) is 0.300. The highest BCUT2D eigenvalue weighted by Gasteiger charge is 2.47. The number of halogens is 1. The van der Waals surface area contributed by atoms with Gasteiger partial charge in [0.1, 0.15) is 5.82 Å². The number of para-hydroxylation sites is 1. The van der Waals surface area contributed by atoms with Crippen molar-refractivity contribution >= 4 is 28.9 Å². The minimum atomic E-state index is -0.590. The number of nitro groups is 1. The Morgan fingerprint density at radius 2 is 1.69 bits per heavy atom. The van der Waals surface area contributed by atoms with E-state index in [4.69, 9.17) is 0 Å². The van der Waals surface area contributed by atoms with E-state index >= 15 is 0 Å². The van der Waals surface area contributed by atoms with Crippen LogP contribution in [0.15, 0.2) is 48.5 Å². The van der Waals surface area contributed by atoms with Crippen LogP contribution in [0.5, 0.6) is 0 Å². The van der Waals surface area contributed by atoms with Gasteiger partial charge in [0.05, 0.1) is 43.2 Å². The SMILES string of the molecule is O=C1C[C@H]([NH+]2CCN(c3ccc([N+](=O)[O-])cc3)CC2)C(=O)N1c1ccccc1F. The lowest BCUT2D eigenvalue weighted by Gasteiger charge is -2.35. The number of hydrogen-bond acceptors (Lipinski definition) is 5. The van der Waals surface area contributed by atoms with Crippen LogP contribution in [0, 0.1) is 15.9 Å². The maximum Gasteiger partial charge on any atom is 0.292 e. The molecule has 0 bridgehead atoms. The number of imide groups is 1. The largest absolute Gasteiger partial charge is 0.360 e. The van der Waals surface area contributed by atoms with Crippen molar-refractivity contribution < 1.29 is 23.8 Å². The van der Waals surface area contributed by atoms with Crippen molar-refractivity contribution in [1.29, 1.82) is 0 Å². The van der Waals surface area contributed by atoms with Crippen LogP contribution in [0.25, 0.3) is 0 Å². The Balaban J connectivity index is 1.42. The van der Waals surface area contributed by atoms with Crippen molar-refractivity contribution in [3.63, 3.8) is 0 Å². The molecule has 0 unspecified atom stereocenters. The number of nitro benzene ring substituents is 1. The molecule has 0 aliphatic carbocycles. The zero-order valence-corrected chi connectivity index (χ0v) is 15.6. The van der Waals surface area contributed by atoms with E-state index in [9.17, 15) is 24.1 Å². The van der Waals surface area contributed by atoms with Gasteiger partial charge in [-0.3, -0.25) is 19.7 Å². The van der Waals surface area contributed by atoms with Crippen molar-refractivity contribution in [2.75, 3.05) is 36.0 Å². The Kier molecular flexibility index (Phi) is 4.98. The van der Waals surface area contributed by atoms with E-state index in [1.807, 2.05) is 0 Å². The van der Waals surface area contributed by atoms with Crippen molar-refractivity contribution in [3.8, 4) is 0 Å². The second-order valence-corrected chi connectivity index (χ2v) is 7.19. The third-order valence-corrected chi connectivity index (χ3v) is 5.56. The molecule has 0 saturated carbocycles. The lowest BCUT2D eigenvalue weighted by molar-refractivity contribution is -0.915. The number of benzene rings is 2. The van der Waals surface area contributed by atoms with Crippen LogP contribution >= 0.6 is 0 Å². The fourth-order valence-corrected chi connectivity index (χ4v) is 4.02. The summed E-state index contributed by atoms with van der Waals surface area (Å²) in [7, 11) is 0. The number of anilines is 2. The number of piperazine rings is 1. The summed E-state index contributed by atoms with van der Waals surface area (Å²) in [4.78, 5) is 39.7. The van der Waals surface area contributed by atoms with Crippen LogP contribution in [0.3, 0.4) is 0 Å². The maximum absolute atomic E-state index is 14.1. The van der Waals surface area contributed by atoms with E-state index in [0.717, 1.165) is 15.5 Å². The van der Waals surface area contributed by atoms with E-state index in [1.165, 1.54) is 30.3 Å². The van der Waals surface area contributed by atoms with Gasteiger partial charge in [-0.15, -0.1) is 0 Å². The van der Waals surface area contributed by atoms with E-state index in [1.54, 1.807) is 18.2 Å². The molecule has 9 heteroatoms. The van der Waals surface area contributed by atoms with Crippen LogP contribution in [0.1, 0.15) is 6.42 Å². The maximum atomic E-state index is 14.1. The van der Waals surface area contributed by atoms with Gasteiger partial charge < -0.3 is 9.80 Å². The molecule has 2 amide bonds. The zero-order chi connectivity index (χ0) is 20.5. The summed E-state index contributed by atoms with van der Waals surface area (Å²) in [5.41, 5.74) is 0.937. The monoisotopic (exact) mass is 399 g/mol. The first-order chi connectivity index (χ1) is 14.0. The van der Waals surface area contributed by atoms with Gasteiger partial charge in [0, 0.05) is 17.8 Å². The highest BCUT2D eigenvalue weighted by atomic mass is 19.1. The number of rotatable bonds is 4. The molecule has 2 aromatic rings. The minimum absolute atomic E-state index is 0.00826. The lowest BCUT2D eigenvalue weighted by atomic mass is 10.1. The van der Waals surface area contributed by atoms with Gasteiger partial charge in [-0.25, -0.2) is 9.29 Å². The first-order valence-electron chi connectivity index (χ1n) is 9.41. The average Bonchev–Trinajstić information content (AvgIpc) is 3.03. The van der Waals surface area contributed by atoms with Gasteiger partial charge in [0.25, 0.3) is 11.6 Å². The highest BCUT2D eigenvalue weighted by Crippen LogP contribution is 2.25. The first kappa shape index (κ1) is 19.0. The molecule has 1 atom stereocenters. The quantitative estimate of drug-likeness (QED) is 0.466. The van der Waals surface area contributed by atoms with Crippen molar-refractivity contribution in [3.05, 3.63) is 64.5 Å². The Bertz CT molecular complexity index is 957. The number of amides is 2. The minimum Gasteiger partial charge on any atom is -0.360 e. The molecule has 2 saturated heterocycles. The van der Waals surface area contributed by atoms with Crippen molar-refractivity contribution in [1.82, 2.24) is 0 Å². The number of carbonyl (C=O) groups is 2. The van der Waals surface area contributed by atoms with Crippen LogP contribution in [0.2, 0.25) is 0 Å². The predicted octanol–water partition coefficient (Wildman–Crippen LogP) is 0.771. The van der Waals surface area contributed by atoms with E-state index in [2.05, 4.69) is 4.90 Å². The molecule has 29 heavy (non-hydrogen) atoms. The van der Waals surface area contributed by atoms with Crippen LogP contribution in [-0.2, 0) is 9.59 Å². The summed E-state index contributed by atoms with van der Waals surface area (Å²) in [6.07, 6.45) is 0.0695. The molecule has 0 aromatic heterocycles. The van der Waals surface area contributed by atoms with E-state index in [-0.39, 0.29) is 29.6 Å². The van der Waals surface area contributed by atoms with Gasteiger partial charge >= 0.3 is 0 Å². The van der Waals surface area contributed by atoms with Gasteiger partial charge in [-0.1, -0.05) is 12.1 Å². The second-order valence-electron chi connectivity index (χ2n) is 7.19. The Morgan fingerprint density at radius 3 is 2.31 bits per heavy atom. The summed E-state index contributed by atoms with van der Waals surface area (Å²) >= 11 is 0. The Hall–Kier alpha value is -3.33. The second kappa shape index (κ2) is 7.59. The molecule has 1 N–H and O–H groups in total. The molecule has 0 spiro atoms. The van der Waals surface area contributed by atoms with Crippen molar-refractivity contribution in [2.45, 2.75) is 12.5 Å². The number of nitrogens with one attached hydrogen (secondary N) is 1. The van der Waals surface area contributed by atoms with E-state index in [0.29, 0.717) is 26.2 Å². The Labute approximate surface area is 166 Å². The molecule has 2 aliphatic heterocycles. The molecule has 0 radical (unpaired) electrons. The molecule has 8 nitrogen and oxygen atoms in total. The van der Waals surface area contributed by atoms with Gasteiger partial charge in [0.2, 0.25) is 5.91 Å². The van der Waals surface area contributed by atoms with Crippen LogP contribution in [0.4, 0.5) is 21.5 Å². The predicted molar refractivity (Wildman–Crippen MR) is 103 cm³/mol. The summed E-state index contributed by atoms with van der Waals surface area (Å²) in [5, 5.41) is 10.8. The molecule has 4 rings (SSSR count). The average molecular weight is 399 g/mol. The molecule has 2 heterocycles. The first-order valence-corrected chi connectivity index (χ1v) is 9.41. The molecule has 2 aromatic carbocycles. The Morgan fingerprint density at radius 1 is 1.03 bits per heavy atom. The number of hydrogen-bond donors (Lipinski definition) is 1. The molecule has 150 valence electrons. The smallest absolute Gasteiger partial charge is 0.292 e. The van der Waals surface area contributed by atoms with Crippen LogP contribution < -0.4 is 14.7 Å². The highest BCUT2D eigenvalue weighted by molar-refractivity contribution is 6.21. The number of non-ortho nitro benzene ring substituents is 1. The third kappa shape index (κ3) is 3.56. The van der Waals surface area contributed by atoms with Crippen molar-refractivity contribution in [2.24, 2.45) is 0 Å². The van der Waals surface area contributed by atoms with Crippen LogP contribution in [-0.4, -0.2) is 49.0 Å². The summed E-state index contributed by atoms with van der Waals surface area (Å²) < 4.78 is 14.1. The summed E-state index contributed by atoms with van der Waals surface area (Å²) in [5.74, 6) is -1.33. The molecular weight excluding hydrogens is 379 g/mol. The third-order valence-electron chi connectivity index (χ3n) is 5.56. The fourth-order valence-electron chi connectivity index (χ4n) is 4.02. The number of nitrogens with zero attached hydrogens (tertiary/aromatic N) is 3. The molecule has 2 aliphatic rings. The van der Waals surface area contributed by atoms with Gasteiger partial charge in [-0.2, -0.15) is 0 Å². The topological polar surface area (TPSA) is 88.2 Å². The van der Waals surface area contributed by atoms with E-state index < -0.39 is 16.8 Å². The lowest BCUT2D eigenvalue weighted by Crippen LogP contribution is -3.19. The molecule has 2 fully saturated rings. The molecular formula is C20H20FN4O4+. The standard InChI is InChI=1S/C20H19FN4O4/c21-16-3-1-2-4-17(16)24-19(26)13-18(20(24)27)23-11-9-22(10-12-23)14-5-7-15(8-6-14)25(28)29/h1-8,18H,9-13H2/p+1/t18-/m0/s1. The number of carbonyl (C=O) groups excluding carboxylic acids is 2. The number of quaternary nitrogens is 1. The van der Waals surface area contributed by atoms with Gasteiger partial charge in [0.15, 0.2) is 6.04 Å². The summed E-state index contributed by atoms with van der Waals surface area (Å²) in [6, 6.07) is 11.7. The normalized spacial score (nSPS) is 20.4.